The maximum Gasteiger partial charge on any atom is 0.269 e. The molecule has 0 spiro atoms. The van der Waals surface area contributed by atoms with Crippen molar-refractivity contribution in [2.24, 2.45) is 0 Å². The van der Waals surface area contributed by atoms with Crippen molar-refractivity contribution in [1.29, 1.82) is 0 Å². The summed E-state index contributed by atoms with van der Waals surface area (Å²) in [5.74, 6) is 0.0295. The third kappa shape index (κ3) is 4.69. The fourth-order valence-electron chi connectivity index (χ4n) is 2.49. The highest BCUT2D eigenvalue weighted by molar-refractivity contribution is 7.71. The zero-order valence-corrected chi connectivity index (χ0v) is 16.3. The standard InChI is InChI=1S/C18H19N5O2S2/c1-2-12-5-7-13(8-6-12)17(25)21-19-15(24)9-10-23-16(20-22-18(23)26)14-4-3-11-27-14/h3-8,11H,2,9-10H2,1H3,(H,19,24)(H,21,25)(H,22,26). The number of nitrogens with one attached hydrogen (secondary N) is 3. The van der Waals surface area contributed by atoms with E-state index >= 15 is 0 Å². The van der Waals surface area contributed by atoms with Gasteiger partial charge in [-0.25, -0.2) is 0 Å². The van der Waals surface area contributed by atoms with E-state index in [-0.39, 0.29) is 18.2 Å². The number of aromatic amines is 1. The maximum atomic E-state index is 12.1. The number of hydrazine groups is 1. The van der Waals surface area contributed by atoms with Crippen molar-refractivity contribution in [2.75, 3.05) is 0 Å². The number of aryl methyl sites for hydroxylation is 1. The van der Waals surface area contributed by atoms with Gasteiger partial charge >= 0.3 is 0 Å². The lowest BCUT2D eigenvalue weighted by atomic mass is 10.1. The zero-order chi connectivity index (χ0) is 19.2. The number of aromatic nitrogens is 3. The van der Waals surface area contributed by atoms with E-state index in [2.05, 4.69) is 21.0 Å². The summed E-state index contributed by atoms with van der Waals surface area (Å²) in [5, 5.41) is 8.92. The van der Waals surface area contributed by atoms with Crippen LogP contribution in [0.2, 0.25) is 0 Å². The first-order valence-electron chi connectivity index (χ1n) is 8.45. The molecule has 0 fully saturated rings. The van der Waals surface area contributed by atoms with Crippen molar-refractivity contribution >= 4 is 35.4 Å². The van der Waals surface area contributed by atoms with Gasteiger partial charge in [0.1, 0.15) is 0 Å². The number of nitrogens with zero attached hydrogens (tertiary/aromatic N) is 2. The molecule has 27 heavy (non-hydrogen) atoms. The highest BCUT2D eigenvalue weighted by Gasteiger charge is 2.12. The van der Waals surface area contributed by atoms with Gasteiger partial charge in [0.2, 0.25) is 5.91 Å². The van der Waals surface area contributed by atoms with E-state index in [9.17, 15) is 9.59 Å². The molecule has 1 aromatic carbocycles. The van der Waals surface area contributed by atoms with Gasteiger partial charge < -0.3 is 0 Å². The second-order valence-electron chi connectivity index (χ2n) is 5.78. The lowest BCUT2D eigenvalue weighted by Crippen LogP contribution is -2.41. The normalized spacial score (nSPS) is 10.6. The Balaban J connectivity index is 1.54. The maximum absolute atomic E-state index is 12.1. The van der Waals surface area contributed by atoms with Crippen LogP contribution in [0.1, 0.15) is 29.3 Å². The van der Waals surface area contributed by atoms with Gasteiger partial charge in [0.05, 0.1) is 4.88 Å². The summed E-state index contributed by atoms with van der Waals surface area (Å²) < 4.78 is 2.22. The van der Waals surface area contributed by atoms with Gasteiger partial charge in [0.25, 0.3) is 5.91 Å². The Bertz CT molecular complexity index is 974. The lowest BCUT2D eigenvalue weighted by molar-refractivity contribution is -0.122. The van der Waals surface area contributed by atoms with Crippen LogP contribution >= 0.6 is 23.6 Å². The number of carbonyl (C=O) groups excluding carboxylic acids is 2. The van der Waals surface area contributed by atoms with Crippen LogP contribution in [0.5, 0.6) is 0 Å². The molecule has 2 amide bonds. The molecule has 0 aliphatic heterocycles. The molecule has 0 saturated heterocycles. The summed E-state index contributed by atoms with van der Waals surface area (Å²) in [6.07, 6.45) is 1.06. The molecule has 9 heteroatoms. The Morgan fingerprint density at radius 2 is 2.00 bits per heavy atom. The zero-order valence-electron chi connectivity index (χ0n) is 14.7. The van der Waals surface area contributed by atoms with E-state index in [1.165, 1.54) is 0 Å². The van der Waals surface area contributed by atoms with Crippen molar-refractivity contribution in [3.05, 3.63) is 57.7 Å². The van der Waals surface area contributed by atoms with Gasteiger partial charge in [-0.15, -0.1) is 11.3 Å². The van der Waals surface area contributed by atoms with Gasteiger partial charge in [0.15, 0.2) is 10.6 Å². The second kappa shape index (κ2) is 8.74. The Morgan fingerprint density at radius 3 is 2.67 bits per heavy atom. The lowest BCUT2D eigenvalue weighted by Gasteiger charge is -2.09. The van der Waals surface area contributed by atoms with E-state index in [4.69, 9.17) is 12.2 Å². The first-order chi connectivity index (χ1) is 13.1. The number of hydrogen-bond acceptors (Lipinski definition) is 5. The number of rotatable bonds is 6. The molecular formula is C18H19N5O2S2. The monoisotopic (exact) mass is 401 g/mol. The molecule has 3 N–H and O–H groups in total. The molecule has 3 aromatic rings. The largest absolute Gasteiger partial charge is 0.299 e. The van der Waals surface area contributed by atoms with Gasteiger partial charge in [-0.1, -0.05) is 25.1 Å². The van der Waals surface area contributed by atoms with Crippen LogP contribution in [0.4, 0.5) is 0 Å². The molecule has 140 valence electrons. The number of amides is 2. The van der Waals surface area contributed by atoms with E-state index in [0.29, 0.717) is 22.7 Å². The first-order valence-corrected chi connectivity index (χ1v) is 9.74. The first kappa shape index (κ1) is 19.0. The molecule has 0 bridgehead atoms. The molecule has 7 nitrogen and oxygen atoms in total. The minimum atomic E-state index is -0.356. The summed E-state index contributed by atoms with van der Waals surface area (Å²) in [7, 11) is 0. The molecular weight excluding hydrogens is 382 g/mol. The minimum Gasteiger partial charge on any atom is -0.299 e. The topological polar surface area (TPSA) is 91.8 Å². The number of thiophene rings is 1. The quantitative estimate of drug-likeness (QED) is 0.437. The molecule has 2 aromatic heterocycles. The van der Waals surface area contributed by atoms with Crippen molar-refractivity contribution in [1.82, 2.24) is 25.6 Å². The number of H-pyrrole nitrogens is 1. The summed E-state index contributed by atoms with van der Waals surface area (Å²) in [5.41, 5.74) is 6.50. The van der Waals surface area contributed by atoms with Gasteiger partial charge in [-0.2, -0.15) is 5.10 Å². The van der Waals surface area contributed by atoms with Crippen molar-refractivity contribution in [3.63, 3.8) is 0 Å². The summed E-state index contributed by atoms with van der Waals surface area (Å²) in [6, 6.07) is 11.1. The summed E-state index contributed by atoms with van der Waals surface area (Å²) >= 11 is 6.78. The Labute approximate surface area is 165 Å². The molecule has 0 unspecified atom stereocenters. The van der Waals surface area contributed by atoms with Crippen LogP contribution in [0.3, 0.4) is 0 Å². The van der Waals surface area contributed by atoms with Crippen molar-refractivity contribution in [2.45, 2.75) is 26.3 Å². The molecule has 0 radical (unpaired) electrons. The van der Waals surface area contributed by atoms with E-state index in [1.54, 1.807) is 28.0 Å². The number of carbonyl (C=O) groups is 2. The minimum absolute atomic E-state index is 0.154. The Hall–Kier alpha value is -2.78. The highest BCUT2D eigenvalue weighted by Crippen LogP contribution is 2.22. The molecule has 0 atom stereocenters. The smallest absolute Gasteiger partial charge is 0.269 e. The van der Waals surface area contributed by atoms with Crippen molar-refractivity contribution < 1.29 is 9.59 Å². The fraction of sp³-hybridized carbons (Fsp3) is 0.222. The molecule has 0 aliphatic rings. The predicted molar refractivity (Wildman–Crippen MR) is 107 cm³/mol. The van der Waals surface area contributed by atoms with Gasteiger partial charge in [-0.3, -0.25) is 30.1 Å². The van der Waals surface area contributed by atoms with E-state index in [0.717, 1.165) is 16.9 Å². The van der Waals surface area contributed by atoms with E-state index < -0.39 is 0 Å². The SMILES string of the molecule is CCc1ccc(C(=O)NNC(=O)CCn2c(-c3cccs3)n[nH]c2=S)cc1. The second-order valence-corrected chi connectivity index (χ2v) is 7.12. The number of hydrogen-bond donors (Lipinski definition) is 3. The third-order valence-corrected chi connectivity index (χ3v) is 5.18. The van der Waals surface area contributed by atoms with Crippen LogP contribution in [0.15, 0.2) is 41.8 Å². The average Bonchev–Trinajstić information content (AvgIpc) is 3.34. The van der Waals surface area contributed by atoms with Crippen LogP contribution in [0.25, 0.3) is 10.7 Å². The Morgan fingerprint density at radius 1 is 1.22 bits per heavy atom. The molecule has 2 heterocycles. The Kier molecular flexibility index (Phi) is 6.15. The molecule has 0 saturated carbocycles. The fourth-order valence-corrected chi connectivity index (χ4v) is 3.43. The molecule has 0 aliphatic carbocycles. The van der Waals surface area contributed by atoms with Crippen molar-refractivity contribution in [3.8, 4) is 10.7 Å². The van der Waals surface area contributed by atoms with Gasteiger partial charge in [0, 0.05) is 18.5 Å². The van der Waals surface area contributed by atoms with Gasteiger partial charge in [-0.05, 0) is 47.8 Å². The summed E-state index contributed by atoms with van der Waals surface area (Å²) in [6.45, 7) is 2.40. The van der Waals surface area contributed by atoms with E-state index in [1.807, 2.05) is 36.6 Å². The van der Waals surface area contributed by atoms with Crippen LogP contribution in [0, 0.1) is 4.77 Å². The van der Waals surface area contributed by atoms with Crippen LogP contribution in [-0.4, -0.2) is 26.6 Å². The van der Waals surface area contributed by atoms with Crippen LogP contribution in [-0.2, 0) is 17.8 Å². The molecule has 3 rings (SSSR count). The number of benzene rings is 1. The third-order valence-electron chi connectivity index (χ3n) is 4.00. The highest BCUT2D eigenvalue weighted by atomic mass is 32.1. The average molecular weight is 402 g/mol. The summed E-state index contributed by atoms with van der Waals surface area (Å²) in [4.78, 5) is 25.1. The van der Waals surface area contributed by atoms with Crippen LogP contribution < -0.4 is 10.9 Å². The predicted octanol–water partition coefficient (Wildman–Crippen LogP) is 3.08.